The highest BCUT2D eigenvalue weighted by Crippen LogP contribution is 2.38. The molecule has 226 valence electrons. The maximum atomic E-state index is 11.6. The average Bonchev–Trinajstić information content (AvgIpc) is 3.00. The standard InChI is InChI=1S/C32H39Cl2N3O5/c1-32(39,30-6-4-5-25(35-30)21-42-31-7-2-3-17-41-31)22-36-14-15-37(29(20-36)23-8-10-24(33)11-9-23)28-13-12-26(19-27(28)34)40-18-16-38/h4-6,8-13,19,29,31,38-39H,2-3,7,14-18,20-22H2,1H3/t29-,31?,32+/m0/s1. The number of benzene rings is 2. The lowest BCUT2D eigenvalue weighted by atomic mass is 9.97. The van der Waals surface area contributed by atoms with Crippen LogP contribution in [-0.4, -0.2) is 72.4 Å². The summed E-state index contributed by atoms with van der Waals surface area (Å²) in [4.78, 5) is 9.31. The lowest BCUT2D eigenvalue weighted by molar-refractivity contribution is -0.169. The number of halogens is 2. The molecule has 3 atom stereocenters. The molecule has 2 aromatic carbocycles. The van der Waals surface area contributed by atoms with Gasteiger partial charge in [-0.2, -0.15) is 0 Å². The van der Waals surface area contributed by atoms with Gasteiger partial charge in [-0.15, -0.1) is 0 Å². The van der Waals surface area contributed by atoms with Gasteiger partial charge in [0.05, 0.1) is 41.4 Å². The zero-order chi connectivity index (χ0) is 29.5. The van der Waals surface area contributed by atoms with Crippen LogP contribution in [0, 0.1) is 0 Å². The number of hydrogen-bond acceptors (Lipinski definition) is 8. The van der Waals surface area contributed by atoms with E-state index in [0.29, 0.717) is 47.7 Å². The SMILES string of the molecule is C[C@@](O)(CN1CCN(c2ccc(OCCO)cc2Cl)[C@H](c2ccc(Cl)cc2)C1)c1cccc(COC2CCCCO2)n1. The van der Waals surface area contributed by atoms with E-state index in [1.807, 2.05) is 61.5 Å². The first-order chi connectivity index (χ1) is 20.3. The van der Waals surface area contributed by atoms with E-state index in [2.05, 4.69) is 9.80 Å². The Balaban J connectivity index is 1.31. The van der Waals surface area contributed by atoms with E-state index < -0.39 is 5.60 Å². The molecule has 5 rings (SSSR count). The Morgan fingerprint density at radius 3 is 2.64 bits per heavy atom. The number of aliphatic hydroxyl groups excluding tert-OH is 1. The Kier molecular flexibility index (Phi) is 10.6. The Hall–Kier alpha value is -2.43. The summed E-state index contributed by atoms with van der Waals surface area (Å²) in [6.07, 6.45) is 2.88. The zero-order valence-corrected chi connectivity index (χ0v) is 25.4. The second-order valence-electron chi connectivity index (χ2n) is 11.1. The number of ether oxygens (including phenoxy) is 3. The third kappa shape index (κ3) is 7.94. The van der Waals surface area contributed by atoms with Crippen LogP contribution >= 0.6 is 23.2 Å². The van der Waals surface area contributed by atoms with Crippen molar-refractivity contribution < 1.29 is 24.4 Å². The smallest absolute Gasteiger partial charge is 0.158 e. The van der Waals surface area contributed by atoms with Gasteiger partial charge in [-0.1, -0.05) is 41.4 Å². The molecule has 8 nitrogen and oxygen atoms in total. The number of β-amino-alcohol motifs (C(OH)–C–C–N with tert-alkyl or cyclic N) is 1. The molecule has 0 aliphatic carbocycles. The van der Waals surface area contributed by atoms with Gasteiger partial charge in [-0.05, 0) is 68.1 Å². The summed E-state index contributed by atoms with van der Waals surface area (Å²) in [6, 6.07) is 19.2. The molecule has 2 aliphatic rings. The maximum Gasteiger partial charge on any atom is 0.158 e. The minimum atomic E-state index is -1.17. The first-order valence-electron chi connectivity index (χ1n) is 14.5. The van der Waals surface area contributed by atoms with Gasteiger partial charge in [0.25, 0.3) is 0 Å². The number of anilines is 1. The monoisotopic (exact) mass is 615 g/mol. The van der Waals surface area contributed by atoms with Crippen molar-refractivity contribution in [2.75, 3.05) is 50.9 Å². The van der Waals surface area contributed by atoms with E-state index in [0.717, 1.165) is 49.4 Å². The largest absolute Gasteiger partial charge is 0.491 e. The van der Waals surface area contributed by atoms with Gasteiger partial charge in [0.15, 0.2) is 6.29 Å². The highest BCUT2D eigenvalue weighted by Gasteiger charge is 2.35. The Bertz CT molecular complexity index is 1300. The van der Waals surface area contributed by atoms with Crippen molar-refractivity contribution >= 4 is 28.9 Å². The Morgan fingerprint density at radius 1 is 1.07 bits per heavy atom. The van der Waals surface area contributed by atoms with Gasteiger partial charge in [-0.25, -0.2) is 0 Å². The van der Waals surface area contributed by atoms with E-state index in [1.54, 1.807) is 6.07 Å². The first kappa shape index (κ1) is 31.0. The molecular formula is C32H39Cl2N3O5. The van der Waals surface area contributed by atoms with E-state index in [1.165, 1.54) is 0 Å². The van der Waals surface area contributed by atoms with E-state index in [9.17, 15) is 5.11 Å². The lowest BCUT2D eigenvalue weighted by Crippen LogP contribution is -2.52. The van der Waals surface area contributed by atoms with E-state index in [-0.39, 0.29) is 25.5 Å². The van der Waals surface area contributed by atoms with Crippen molar-refractivity contribution in [1.82, 2.24) is 9.88 Å². The molecule has 0 saturated carbocycles. The van der Waals surface area contributed by atoms with Crippen LogP contribution < -0.4 is 9.64 Å². The number of piperazine rings is 1. The fourth-order valence-corrected chi connectivity index (χ4v) is 6.02. The molecule has 3 aromatic rings. The Morgan fingerprint density at radius 2 is 1.90 bits per heavy atom. The molecule has 2 saturated heterocycles. The summed E-state index contributed by atoms with van der Waals surface area (Å²) in [5, 5.41) is 22.0. The Labute approximate surface area is 257 Å². The van der Waals surface area contributed by atoms with Crippen LogP contribution in [0.5, 0.6) is 5.75 Å². The summed E-state index contributed by atoms with van der Waals surface area (Å²) in [6.45, 7) is 5.53. The third-order valence-corrected chi connectivity index (χ3v) is 8.31. The van der Waals surface area contributed by atoms with Crippen LogP contribution in [0.25, 0.3) is 0 Å². The van der Waals surface area contributed by atoms with Crippen molar-refractivity contribution in [2.24, 2.45) is 0 Å². The molecule has 42 heavy (non-hydrogen) atoms. The highest BCUT2D eigenvalue weighted by molar-refractivity contribution is 6.33. The van der Waals surface area contributed by atoms with Crippen LogP contribution in [0.1, 0.15) is 49.2 Å². The minimum Gasteiger partial charge on any atom is -0.491 e. The van der Waals surface area contributed by atoms with Gasteiger partial charge < -0.3 is 29.3 Å². The van der Waals surface area contributed by atoms with Crippen LogP contribution in [0.15, 0.2) is 60.7 Å². The maximum absolute atomic E-state index is 11.6. The zero-order valence-electron chi connectivity index (χ0n) is 23.9. The van der Waals surface area contributed by atoms with Crippen LogP contribution in [0.2, 0.25) is 10.0 Å². The molecule has 1 unspecified atom stereocenters. The molecule has 1 aromatic heterocycles. The molecule has 0 spiro atoms. The predicted molar refractivity (Wildman–Crippen MR) is 164 cm³/mol. The van der Waals surface area contributed by atoms with Crippen molar-refractivity contribution in [1.29, 1.82) is 0 Å². The van der Waals surface area contributed by atoms with Gasteiger partial charge >= 0.3 is 0 Å². The van der Waals surface area contributed by atoms with Gasteiger partial charge in [0.2, 0.25) is 0 Å². The molecule has 2 N–H and O–H groups in total. The molecule has 0 amide bonds. The normalized spacial score (nSPS) is 21.2. The van der Waals surface area contributed by atoms with Crippen molar-refractivity contribution in [3.05, 3.63) is 87.7 Å². The quantitative estimate of drug-likeness (QED) is 0.289. The molecular weight excluding hydrogens is 577 g/mol. The molecule has 10 heteroatoms. The first-order valence-corrected chi connectivity index (χ1v) is 15.3. The highest BCUT2D eigenvalue weighted by atomic mass is 35.5. The van der Waals surface area contributed by atoms with E-state index in [4.69, 9.17) is 47.5 Å². The summed E-state index contributed by atoms with van der Waals surface area (Å²) in [7, 11) is 0. The summed E-state index contributed by atoms with van der Waals surface area (Å²) >= 11 is 13.0. The minimum absolute atomic E-state index is 0.0308. The predicted octanol–water partition coefficient (Wildman–Crippen LogP) is 5.57. The number of nitrogens with zero attached hydrogens (tertiary/aromatic N) is 3. The van der Waals surface area contributed by atoms with Crippen LogP contribution in [-0.2, 0) is 21.7 Å². The van der Waals surface area contributed by atoms with Crippen molar-refractivity contribution in [3.63, 3.8) is 0 Å². The molecule has 3 heterocycles. The van der Waals surface area contributed by atoms with Gasteiger partial charge in [0, 0.05) is 43.9 Å². The molecule has 2 aliphatic heterocycles. The molecule has 2 fully saturated rings. The number of rotatable bonds is 11. The average molecular weight is 617 g/mol. The lowest BCUT2D eigenvalue weighted by Gasteiger charge is -2.45. The molecule has 0 radical (unpaired) electrons. The third-order valence-electron chi connectivity index (χ3n) is 7.75. The van der Waals surface area contributed by atoms with Crippen LogP contribution in [0.3, 0.4) is 0 Å². The van der Waals surface area contributed by atoms with E-state index >= 15 is 0 Å². The number of aromatic nitrogens is 1. The van der Waals surface area contributed by atoms with Crippen molar-refractivity contribution in [2.45, 2.75) is 50.7 Å². The second kappa shape index (κ2) is 14.4. The van der Waals surface area contributed by atoms with Crippen LogP contribution in [0.4, 0.5) is 5.69 Å². The fraction of sp³-hybridized carbons (Fsp3) is 0.469. The number of hydrogen-bond donors (Lipinski definition) is 2. The number of pyridine rings is 1. The second-order valence-corrected chi connectivity index (χ2v) is 11.9. The summed E-state index contributed by atoms with van der Waals surface area (Å²) in [5.41, 5.74) is 2.21. The van der Waals surface area contributed by atoms with Crippen molar-refractivity contribution in [3.8, 4) is 5.75 Å². The summed E-state index contributed by atoms with van der Waals surface area (Å²) < 4.78 is 17.2. The van der Waals surface area contributed by atoms with Gasteiger partial charge in [0.1, 0.15) is 18.0 Å². The number of aliphatic hydroxyl groups is 2. The topological polar surface area (TPSA) is 87.5 Å². The van der Waals surface area contributed by atoms with Gasteiger partial charge in [-0.3, -0.25) is 9.88 Å². The summed E-state index contributed by atoms with van der Waals surface area (Å²) in [5.74, 6) is 0.613. The molecule has 0 bridgehead atoms. The fourth-order valence-electron chi connectivity index (χ4n) is 5.61.